The van der Waals surface area contributed by atoms with Crippen molar-refractivity contribution < 1.29 is 23.8 Å². The molecule has 5 atom stereocenters. The van der Waals surface area contributed by atoms with Crippen molar-refractivity contribution in [3.8, 4) is 5.75 Å². The molecule has 0 saturated heterocycles. The fraction of sp³-hybridized carbons (Fsp3) is 0.520. The second-order valence-corrected chi connectivity index (χ2v) is 8.30. The third kappa shape index (κ3) is 4.51. The van der Waals surface area contributed by atoms with Gasteiger partial charge in [0.25, 0.3) is 0 Å². The van der Waals surface area contributed by atoms with Gasteiger partial charge < -0.3 is 14.2 Å². The molecule has 0 amide bonds. The molecule has 1 aromatic rings. The van der Waals surface area contributed by atoms with Gasteiger partial charge in [0, 0.05) is 11.5 Å². The van der Waals surface area contributed by atoms with Crippen LogP contribution in [0.1, 0.15) is 39.7 Å². The number of methoxy groups -OCH3 is 1. The highest BCUT2D eigenvalue weighted by Gasteiger charge is 2.48. The lowest BCUT2D eigenvalue weighted by Gasteiger charge is -2.24. The molecule has 1 fully saturated rings. The topological polar surface area (TPSA) is 61.8 Å². The Morgan fingerprint density at radius 3 is 2.53 bits per heavy atom. The van der Waals surface area contributed by atoms with Crippen LogP contribution < -0.4 is 4.74 Å². The Balaban J connectivity index is 1.73. The molecular formula is C25H32O5. The van der Waals surface area contributed by atoms with E-state index in [9.17, 15) is 9.59 Å². The molecule has 0 N–H and O–H groups in total. The van der Waals surface area contributed by atoms with E-state index in [-0.39, 0.29) is 35.6 Å². The number of allylic oxidation sites excluding steroid dienone is 3. The van der Waals surface area contributed by atoms with E-state index in [1.807, 2.05) is 36.4 Å². The maximum absolute atomic E-state index is 13.4. The van der Waals surface area contributed by atoms with Crippen molar-refractivity contribution in [3.63, 3.8) is 0 Å². The molecule has 30 heavy (non-hydrogen) atoms. The van der Waals surface area contributed by atoms with Gasteiger partial charge in [-0.15, -0.1) is 0 Å². The number of carbonyl (C=O) groups is 2. The summed E-state index contributed by atoms with van der Waals surface area (Å²) in [6.45, 7) is 8.49. The predicted molar refractivity (Wildman–Crippen MR) is 115 cm³/mol. The lowest BCUT2D eigenvalue weighted by Crippen LogP contribution is -2.31. The zero-order chi connectivity index (χ0) is 21.8. The molecule has 3 rings (SSSR count). The number of Topliss-reactive ketones (excluding diaryl/α,β-unsaturated/α-hetero) is 1. The van der Waals surface area contributed by atoms with Crippen LogP contribution in [0.4, 0.5) is 0 Å². The van der Waals surface area contributed by atoms with Crippen LogP contribution >= 0.6 is 0 Å². The number of benzene rings is 1. The molecule has 0 radical (unpaired) electrons. The molecule has 0 unspecified atom stereocenters. The van der Waals surface area contributed by atoms with Crippen LogP contribution in [0, 0.1) is 23.7 Å². The SMILES string of the molecule is CCOC(=O)[C@H](C)C1=CC=C(C)[C@H]2C[C@H](OCc3ccc(OC)cc3)[C@H](C)[C@H]2C1=O. The van der Waals surface area contributed by atoms with Gasteiger partial charge in [-0.3, -0.25) is 9.59 Å². The number of carbonyl (C=O) groups excluding carboxylic acids is 2. The van der Waals surface area contributed by atoms with Crippen LogP contribution in [-0.2, 0) is 25.7 Å². The number of ketones is 1. The van der Waals surface area contributed by atoms with E-state index < -0.39 is 5.92 Å². The van der Waals surface area contributed by atoms with Gasteiger partial charge in [-0.2, -0.15) is 0 Å². The molecule has 0 aliphatic heterocycles. The summed E-state index contributed by atoms with van der Waals surface area (Å²) in [5.41, 5.74) is 2.79. The van der Waals surface area contributed by atoms with Gasteiger partial charge in [0.15, 0.2) is 5.78 Å². The zero-order valence-electron chi connectivity index (χ0n) is 18.5. The van der Waals surface area contributed by atoms with Crippen molar-refractivity contribution in [2.75, 3.05) is 13.7 Å². The van der Waals surface area contributed by atoms with E-state index in [1.165, 1.54) is 5.57 Å². The Morgan fingerprint density at radius 1 is 1.20 bits per heavy atom. The van der Waals surface area contributed by atoms with E-state index in [1.54, 1.807) is 21.0 Å². The Bertz CT molecular complexity index is 836. The van der Waals surface area contributed by atoms with E-state index in [4.69, 9.17) is 14.2 Å². The summed E-state index contributed by atoms with van der Waals surface area (Å²) in [5.74, 6) is -0.0103. The molecule has 1 aromatic carbocycles. The molecule has 5 heteroatoms. The lowest BCUT2D eigenvalue weighted by molar-refractivity contribution is -0.147. The first-order chi connectivity index (χ1) is 14.4. The van der Waals surface area contributed by atoms with E-state index >= 15 is 0 Å². The third-order valence-corrected chi connectivity index (χ3v) is 6.50. The van der Waals surface area contributed by atoms with Crippen LogP contribution in [0.15, 0.2) is 47.6 Å². The van der Waals surface area contributed by atoms with Gasteiger partial charge in [0.1, 0.15) is 5.75 Å². The monoisotopic (exact) mass is 412 g/mol. The van der Waals surface area contributed by atoms with Gasteiger partial charge in [0.2, 0.25) is 0 Å². The maximum atomic E-state index is 13.4. The van der Waals surface area contributed by atoms with Crippen molar-refractivity contribution in [1.82, 2.24) is 0 Å². The number of ether oxygens (including phenoxy) is 3. The predicted octanol–water partition coefficient (Wildman–Crippen LogP) is 4.51. The molecule has 2 aliphatic carbocycles. The number of rotatable bonds is 7. The quantitative estimate of drug-likeness (QED) is 0.617. The molecule has 0 spiro atoms. The fourth-order valence-corrected chi connectivity index (χ4v) is 4.62. The number of esters is 1. The summed E-state index contributed by atoms with van der Waals surface area (Å²) >= 11 is 0. The second-order valence-electron chi connectivity index (χ2n) is 8.30. The Labute approximate surface area is 179 Å². The summed E-state index contributed by atoms with van der Waals surface area (Å²) < 4.78 is 16.6. The smallest absolute Gasteiger partial charge is 0.313 e. The standard InChI is InChI=1S/C25H32O5/c1-6-29-25(27)16(3)20-12-7-15(2)21-13-22(17(4)23(21)24(20)26)30-14-18-8-10-19(28-5)11-9-18/h7-12,16-17,21-23H,6,13-14H2,1-5H3/t16-,17+,21-,22+,23-/m1/s1. The van der Waals surface area contributed by atoms with Crippen LogP contribution in [0.3, 0.4) is 0 Å². The van der Waals surface area contributed by atoms with Gasteiger partial charge >= 0.3 is 5.97 Å². The maximum Gasteiger partial charge on any atom is 0.313 e. The average molecular weight is 413 g/mol. The highest BCUT2D eigenvalue weighted by Crippen LogP contribution is 2.46. The summed E-state index contributed by atoms with van der Waals surface area (Å²) in [7, 11) is 1.65. The minimum atomic E-state index is -0.563. The molecule has 0 bridgehead atoms. The van der Waals surface area contributed by atoms with Crippen molar-refractivity contribution >= 4 is 11.8 Å². The Kier molecular flexibility index (Phi) is 7.14. The molecule has 5 nitrogen and oxygen atoms in total. The van der Waals surface area contributed by atoms with Crippen molar-refractivity contribution in [2.24, 2.45) is 23.7 Å². The van der Waals surface area contributed by atoms with Crippen molar-refractivity contribution in [3.05, 3.63) is 53.1 Å². The Hall–Kier alpha value is -2.40. The highest BCUT2D eigenvalue weighted by molar-refractivity contribution is 6.03. The second kappa shape index (κ2) is 9.61. The van der Waals surface area contributed by atoms with Gasteiger partial charge in [-0.1, -0.05) is 36.8 Å². The summed E-state index contributed by atoms with van der Waals surface area (Å²) in [6, 6.07) is 7.83. The Morgan fingerprint density at radius 2 is 1.90 bits per heavy atom. The number of fused-ring (bicyclic) bond motifs is 1. The molecule has 0 heterocycles. The highest BCUT2D eigenvalue weighted by atomic mass is 16.5. The molecular weight excluding hydrogens is 380 g/mol. The third-order valence-electron chi connectivity index (χ3n) is 6.50. The van der Waals surface area contributed by atoms with E-state index in [2.05, 4.69) is 13.8 Å². The first-order valence-corrected chi connectivity index (χ1v) is 10.7. The summed E-state index contributed by atoms with van der Waals surface area (Å²) in [4.78, 5) is 25.7. The minimum Gasteiger partial charge on any atom is -0.497 e. The number of hydrogen-bond acceptors (Lipinski definition) is 5. The van der Waals surface area contributed by atoms with E-state index in [0.717, 1.165) is 17.7 Å². The molecule has 162 valence electrons. The van der Waals surface area contributed by atoms with Gasteiger partial charge in [0.05, 0.1) is 32.3 Å². The fourth-order valence-electron chi connectivity index (χ4n) is 4.62. The zero-order valence-corrected chi connectivity index (χ0v) is 18.5. The molecule has 0 aromatic heterocycles. The molecule has 2 aliphatic rings. The first-order valence-electron chi connectivity index (χ1n) is 10.7. The normalized spacial score (nSPS) is 26.9. The molecule has 1 saturated carbocycles. The summed E-state index contributed by atoms with van der Waals surface area (Å²) in [6.07, 6.45) is 4.61. The van der Waals surface area contributed by atoms with Crippen molar-refractivity contribution in [2.45, 2.75) is 46.8 Å². The first kappa shape index (κ1) is 22.3. The van der Waals surface area contributed by atoms with Crippen LogP contribution in [0.25, 0.3) is 0 Å². The van der Waals surface area contributed by atoms with Crippen LogP contribution in [0.5, 0.6) is 5.75 Å². The summed E-state index contributed by atoms with van der Waals surface area (Å²) in [5, 5.41) is 0. The minimum absolute atomic E-state index is 0.00773. The van der Waals surface area contributed by atoms with Gasteiger partial charge in [-0.25, -0.2) is 0 Å². The van der Waals surface area contributed by atoms with Gasteiger partial charge in [-0.05, 0) is 56.7 Å². The van der Waals surface area contributed by atoms with E-state index in [0.29, 0.717) is 18.8 Å². The largest absolute Gasteiger partial charge is 0.497 e. The average Bonchev–Trinajstić information content (AvgIpc) is 3.02. The van der Waals surface area contributed by atoms with Crippen molar-refractivity contribution in [1.29, 1.82) is 0 Å². The van der Waals surface area contributed by atoms with Crippen LogP contribution in [0.2, 0.25) is 0 Å². The lowest BCUT2D eigenvalue weighted by atomic mass is 9.79. The number of hydrogen-bond donors (Lipinski definition) is 0. The van der Waals surface area contributed by atoms with Crippen LogP contribution in [-0.4, -0.2) is 31.6 Å².